The van der Waals surface area contributed by atoms with E-state index < -0.39 is 14.6 Å². The van der Waals surface area contributed by atoms with Gasteiger partial charge in [0, 0.05) is 26.0 Å². The van der Waals surface area contributed by atoms with E-state index in [1.54, 1.807) is 18.2 Å². The Morgan fingerprint density at radius 3 is 2.50 bits per heavy atom. The van der Waals surface area contributed by atoms with E-state index in [2.05, 4.69) is 6.92 Å². The number of alkyl halides is 1. The molecular formula is C25H33ClF2OSi. The summed E-state index contributed by atoms with van der Waals surface area (Å²) in [5.41, 5.74) is 2.00. The van der Waals surface area contributed by atoms with Crippen LogP contribution < -0.4 is 4.74 Å². The van der Waals surface area contributed by atoms with Crippen molar-refractivity contribution in [1.29, 1.82) is 0 Å². The number of rotatable bonds is 10. The Kier molecular flexibility index (Phi) is 9.20. The summed E-state index contributed by atoms with van der Waals surface area (Å²) in [4.78, 5) is 0. The summed E-state index contributed by atoms with van der Waals surface area (Å²) < 4.78 is 33.7. The molecule has 1 nitrogen and oxygen atoms in total. The minimum atomic E-state index is -0.685. The van der Waals surface area contributed by atoms with Gasteiger partial charge in [-0.25, -0.2) is 8.78 Å². The van der Waals surface area contributed by atoms with Crippen molar-refractivity contribution in [2.24, 2.45) is 5.92 Å². The van der Waals surface area contributed by atoms with Gasteiger partial charge >= 0.3 is 0 Å². The molecule has 0 saturated carbocycles. The maximum absolute atomic E-state index is 14.9. The quantitative estimate of drug-likeness (QED) is 0.202. The number of hydrogen-bond acceptors (Lipinski definition) is 1. The van der Waals surface area contributed by atoms with Crippen LogP contribution in [0.1, 0.15) is 51.0 Å². The Morgan fingerprint density at radius 1 is 1.03 bits per heavy atom. The van der Waals surface area contributed by atoms with Gasteiger partial charge < -0.3 is 4.74 Å². The first-order valence-electron chi connectivity index (χ1n) is 11.4. The van der Waals surface area contributed by atoms with E-state index >= 15 is 0 Å². The average molecular weight is 451 g/mol. The number of halogens is 3. The van der Waals surface area contributed by atoms with Crippen molar-refractivity contribution in [2.45, 2.75) is 70.0 Å². The van der Waals surface area contributed by atoms with Gasteiger partial charge in [-0.1, -0.05) is 87.3 Å². The molecule has 1 saturated heterocycles. The SMILES string of the molecule is CCCCC[C@H]1CC[Si@H](CCc2ccc(-c3ccc(F)cc3OCCl)c(F)c2)CC1. The summed E-state index contributed by atoms with van der Waals surface area (Å²) >= 11 is 5.63. The Bertz CT molecular complexity index is 806. The highest BCUT2D eigenvalue weighted by atomic mass is 35.5. The summed E-state index contributed by atoms with van der Waals surface area (Å²) in [5, 5.41) is 0. The molecule has 0 amide bonds. The van der Waals surface area contributed by atoms with Crippen molar-refractivity contribution in [1.82, 2.24) is 0 Å². The second kappa shape index (κ2) is 11.9. The molecule has 1 heterocycles. The maximum atomic E-state index is 14.9. The van der Waals surface area contributed by atoms with E-state index in [0.717, 1.165) is 17.9 Å². The van der Waals surface area contributed by atoms with Crippen LogP contribution in [0.2, 0.25) is 18.1 Å². The molecule has 164 valence electrons. The molecule has 0 N–H and O–H groups in total. The second-order valence-corrected chi connectivity index (χ2v) is 12.3. The van der Waals surface area contributed by atoms with Crippen molar-refractivity contribution in [2.75, 3.05) is 6.07 Å². The topological polar surface area (TPSA) is 9.23 Å². The standard InChI is InChI=1S/C25H33ClF2OSi/c1-2-3-4-5-19-10-13-30(14-11-19)15-12-20-6-8-22(24(28)16-20)23-9-7-21(27)17-25(23)29-18-26/h6-9,16-17,19,30H,2-5,10-15,18H2,1H3/t19-,30-. The van der Waals surface area contributed by atoms with Crippen LogP contribution >= 0.6 is 11.6 Å². The molecule has 0 bridgehead atoms. The minimum Gasteiger partial charge on any atom is -0.477 e. The van der Waals surface area contributed by atoms with Crippen LogP contribution in [-0.2, 0) is 6.42 Å². The lowest BCUT2D eigenvalue weighted by molar-refractivity contribution is 0.386. The van der Waals surface area contributed by atoms with E-state index in [0.29, 0.717) is 11.1 Å². The van der Waals surface area contributed by atoms with Gasteiger partial charge in [0.1, 0.15) is 17.4 Å². The zero-order valence-corrected chi connectivity index (χ0v) is 19.8. The highest BCUT2D eigenvalue weighted by molar-refractivity contribution is 6.59. The van der Waals surface area contributed by atoms with Crippen molar-refractivity contribution in [3.05, 3.63) is 53.6 Å². The zero-order valence-electron chi connectivity index (χ0n) is 17.9. The van der Waals surface area contributed by atoms with Gasteiger partial charge in [-0.15, -0.1) is 0 Å². The smallest absolute Gasteiger partial charge is 0.162 e. The summed E-state index contributed by atoms with van der Waals surface area (Å²) in [6.07, 6.45) is 9.29. The third-order valence-corrected chi connectivity index (χ3v) is 10.0. The molecule has 0 atom stereocenters. The number of ether oxygens (including phenoxy) is 1. The molecule has 0 radical (unpaired) electrons. The van der Waals surface area contributed by atoms with Crippen LogP contribution in [0.3, 0.4) is 0 Å². The first-order chi connectivity index (χ1) is 14.6. The van der Waals surface area contributed by atoms with Gasteiger partial charge in [-0.05, 0) is 36.1 Å². The van der Waals surface area contributed by atoms with Crippen LogP contribution in [-0.4, -0.2) is 14.9 Å². The fourth-order valence-electron chi connectivity index (χ4n) is 4.69. The Balaban J connectivity index is 1.55. The van der Waals surface area contributed by atoms with Gasteiger partial charge in [0.25, 0.3) is 0 Å². The lowest BCUT2D eigenvalue weighted by Crippen LogP contribution is -2.21. The summed E-state index contributed by atoms with van der Waals surface area (Å²) in [6, 6.07) is 13.6. The van der Waals surface area contributed by atoms with Crippen molar-refractivity contribution in [3.63, 3.8) is 0 Å². The third-order valence-electron chi connectivity index (χ3n) is 6.50. The van der Waals surface area contributed by atoms with E-state index in [4.69, 9.17) is 16.3 Å². The average Bonchev–Trinajstić information content (AvgIpc) is 2.74. The van der Waals surface area contributed by atoms with E-state index in [-0.39, 0.29) is 17.6 Å². The molecule has 0 aromatic heterocycles. The number of aryl methyl sites for hydroxylation is 1. The number of unbranched alkanes of at least 4 members (excludes halogenated alkanes) is 2. The summed E-state index contributed by atoms with van der Waals surface area (Å²) in [7, 11) is -0.685. The lowest BCUT2D eigenvalue weighted by Gasteiger charge is -2.27. The zero-order chi connectivity index (χ0) is 21.3. The molecule has 0 unspecified atom stereocenters. The number of benzene rings is 2. The Morgan fingerprint density at radius 2 is 1.80 bits per heavy atom. The molecule has 3 rings (SSSR count). The van der Waals surface area contributed by atoms with E-state index in [9.17, 15) is 8.78 Å². The lowest BCUT2D eigenvalue weighted by atomic mass is 9.96. The normalized spacial score (nSPS) is 19.1. The highest BCUT2D eigenvalue weighted by Gasteiger charge is 2.22. The molecule has 1 fully saturated rings. The molecular weight excluding hydrogens is 418 g/mol. The van der Waals surface area contributed by atoms with E-state index in [1.165, 1.54) is 68.8 Å². The Labute approximate surface area is 186 Å². The monoisotopic (exact) mass is 450 g/mol. The fourth-order valence-corrected chi connectivity index (χ4v) is 8.30. The predicted molar refractivity (Wildman–Crippen MR) is 125 cm³/mol. The van der Waals surface area contributed by atoms with Crippen LogP contribution in [0, 0.1) is 17.6 Å². The molecule has 30 heavy (non-hydrogen) atoms. The van der Waals surface area contributed by atoms with E-state index in [1.807, 2.05) is 6.07 Å². The molecule has 0 spiro atoms. The molecule has 1 aliphatic rings. The Hall–Kier alpha value is -1.39. The minimum absolute atomic E-state index is 0.109. The van der Waals surface area contributed by atoms with Gasteiger partial charge in [0.2, 0.25) is 0 Å². The summed E-state index contributed by atoms with van der Waals surface area (Å²) in [6.45, 7) is 2.27. The van der Waals surface area contributed by atoms with Crippen molar-refractivity contribution >= 4 is 20.4 Å². The first-order valence-corrected chi connectivity index (χ1v) is 14.4. The summed E-state index contributed by atoms with van der Waals surface area (Å²) in [5.74, 6) is 0.498. The maximum Gasteiger partial charge on any atom is 0.162 e. The fraction of sp³-hybridized carbons (Fsp3) is 0.520. The third kappa shape index (κ3) is 6.55. The van der Waals surface area contributed by atoms with Crippen LogP contribution in [0.5, 0.6) is 5.75 Å². The van der Waals surface area contributed by atoms with Crippen molar-refractivity contribution < 1.29 is 13.5 Å². The molecule has 0 aliphatic carbocycles. The van der Waals surface area contributed by atoms with Gasteiger partial charge in [0.15, 0.2) is 6.07 Å². The van der Waals surface area contributed by atoms with Crippen LogP contribution in [0.4, 0.5) is 8.78 Å². The van der Waals surface area contributed by atoms with Gasteiger partial charge in [0.05, 0.1) is 0 Å². The molecule has 2 aromatic rings. The van der Waals surface area contributed by atoms with Gasteiger partial charge in [-0.3, -0.25) is 0 Å². The van der Waals surface area contributed by atoms with Crippen LogP contribution in [0.15, 0.2) is 36.4 Å². The second-order valence-electron chi connectivity index (χ2n) is 8.63. The molecule has 1 aliphatic heterocycles. The predicted octanol–water partition coefficient (Wildman–Crippen LogP) is 7.97. The molecule has 5 heteroatoms. The first kappa shape index (κ1) is 23.3. The van der Waals surface area contributed by atoms with Crippen LogP contribution in [0.25, 0.3) is 11.1 Å². The highest BCUT2D eigenvalue weighted by Crippen LogP contribution is 2.34. The largest absolute Gasteiger partial charge is 0.477 e. The van der Waals surface area contributed by atoms with Gasteiger partial charge in [-0.2, -0.15) is 0 Å². The molecule has 2 aromatic carbocycles. The van der Waals surface area contributed by atoms with Crippen molar-refractivity contribution in [3.8, 4) is 16.9 Å². The number of hydrogen-bond donors (Lipinski definition) is 0.